The van der Waals surface area contributed by atoms with Gasteiger partial charge in [0.1, 0.15) is 22.7 Å². The third-order valence-corrected chi connectivity index (χ3v) is 6.94. The van der Waals surface area contributed by atoms with Crippen LogP contribution in [0.2, 0.25) is 10.0 Å². The van der Waals surface area contributed by atoms with Gasteiger partial charge in [-0.25, -0.2) is 4.39 Å². The summed E-state index contributed by atoms with van der Waals surface area (Å²) in [6, 6.07) is 33.4. The van der Waals surface area contributed by atoms with Crippen molar-refractivity contribution in [1.29, 1.82) is 0 Å². The average molecular weight is 727 g/mol. The number of phenolic OH excluding ortho intramolecular Hbond substituents is 1. The van der Waals surface area contributed by atoms with Gasteiger partial charge in [0.15, 0.2) is 0 Å². The molecule has 0 spiro atoms. The minimum atomic E-state index is -0.406. The van der Waals surface area contributed by atoms with Crippen molar-refractivity contribution < 1.29 is 133 Å². The summed E-state index contributed by atoms with van der Waals surface area (Å²) in [6.07, 6.45) is 0. The Morgan fingerprint density at radius 3 is 2.00 bits per heavy atom. The van der Waals surface area contributed by atoms with Gasteiger partial charge in [-0.05, 0) is 79.1 Å². The van der Waals surface area contributed by atoms with E-state index in [9.17, 15) is 9.50 Å². The molecule has 0 saturated carbocycles. The molecule has 7 rings (SSSR count). The smallest absolute Gasteiger partial charge is 1.00 e. The van der Waals surface area contributed by atoms with E-state index in [0.717, 1.165) is 37.7 Å². The second kappa shape index (κ2) is 20.3. The zero-order valence-electron chi connectivity index (χ0n) is 26.1. The van der Waals surface area contributed by atoms with E-state index in [0.29, 0.717) is 16.1 Å². The summed E-state index contributed by atoms with van der Waals surface area (Å²) in [5, 5.41) is 26.0. The Hall–Kier alpha value is -1.25. The van der Waals surface area contributed by atoms with Crippen LogP contribution < -0.4 is 108 Å². The fourth-order valence-corrected chi connectivity index (χ4v) is 5.10. The molecule has 6 nitrogen and oxygen atoms in total. The second-order valence-corrected chi connectivity index (χ2v) is 10.4. The maximum absolute atomic E-state index is 14.0. The Morgan fingerprint density at radius 2 is 1.35 bits per heavy atom. The molecule has 1 heterocycles. The number of nitrogens with zero attached hydrogens (tertiary/aromatic N) is 1. The summed E-state index contributed by atoms with van der Waals surface area (Å²) in [6.45, 7) is -0.181. The van der Waals surface area contributed by atoms with E-state index < -0.39 is 5.82 Å². The van der Waals surface area contributed by atoms with Crippen molar-refractivity contribution in [1.82, 2.24) is 0 Å². The summed E-state index contributed by atoms with van der Waals surface area (Å²) >= 11 is 12.0. The van der Waals surface area contributed by atoms with Gasteiger partial charge in [0.25, 0.3) is 6.47 Å². The molecule has 224 valence electrons. The fraction of sp³-hybridized carbons (Fsp3) is 0.0294. The van der Waals surface area contributed by atoms with Gasteiger partial charge in [-0.2, -0.15) is 0 Å². The summed E-state index contributed by atoms with van der Waals surface area (Å²) in [5.74, 6) is -0.365. The molecule has 0 aliphatic carbocycles. The number of halogens is 3. The molecule has 1 N–H and O–H groups in total. The van der Waals surface area contributed by atoms with Gasteiger partial charge in [-0.3, -0.25) is 9.54 Å². The zero-order valence-corrected chi connectivity index (χ0v) is 33.9. The van der Waals surface area contributed by atoms with E-state index >= 15 is 0 Å². The quantitative estimate of drug-likeness (QED) is 0.0960. The van der Waals surface area contributed by atoms with E-state index in [1.54, 1.807) is 19.2 Å². The van der Waals surface area contributed by atoms with Gasteiger partial charge >= 0.3 is 103 Å². The molecule has 46 heavy (non-hydrogen) atoms. The Bertz CT molecular complexity index is 2100. The van der Waals surface area contributed by atoms with E-state index in [1.807, 2.05) is 60.7 Å². The minimum Gasteiger partial charge on any atom is -1.00 e. The predicted molar refractivity (Wildman–Crippen MR) is 177 cm³/mol. The maximum atomic E-state index is 14.0. The number of phenols is 1. The molecular formula is C34H25Cl2FK2NO5P. The summed E-state index contributed by atoms with van der Waals surface area (Å²) in [4.78, 5) is 11.2. The summed E-state index contributed by atoms with van der Waals surface area (Å²) < 4.78 is 23.2. The average Bonchev–Trinajstić information content (AvgIpc) is 3.41. The molecule has 0 radical (unpaired) electrons. The molecular weight excluding hydrogens is 701 g/mol. The Labute approximate surface area is 363 Å². The molecule has 0 unspecified atom stereocenters. The normalized spacial score (nSPS) is 9.76. The van der Waals surface area contributed by atoms with Gasteiger partial charge in [0.2, 0.25) is 0 Å². The molecule has 1 aromatic heterocycles. The first-order valence-electron chi connectivity index (χ1n) is 13.0. The SMILES string of the molecule is CN=P.Clc1ccc2oc3ccc4ccccc4c3c2c1.O=CO[O-].Oc1ccc2ccccc2c1-c1cc(Cl)ccc1F.[H-].[K+].[K+]. The third-order valence-electron chi connectivity index (χ3n) is 6.47. The molecule has 0 saturated heterocycles. The monoisotopic (exact) mass is 725 g/mol. The number of carbonyl (C=O) groups excluding carboxylic acids is 1. The Balaban J connectivity index is 0.000000373. The summed E-state index contributed by atoms with van der Waals surface area (Å²) in [5.41, 5.74) is 2.57. The van der Waals surface area contributed by atoms with Crippen molar-refractivity contribution in [3.05, 3.63) is 125 Å². The number of benzene rings is 6. The van der Waals surface area contributed by atoms with Crippen LogP contribution in [0, 0.1) is 5.82 Å². The van der Waals surface area contributed by atoms with Gasteiger partial charge in [0, 0.05) is 39.0 Å². The van der Waals surface area contributed by atoms with Crippen LogP contribution in [0.5, 0.6) is 5.75 Å². The number of carbonyl (C=O) groups is 1. The van der Waals surface area contributed by atoms with Crippen LogP contribution in [-0.4, -0.2) is 18.6 Å². The van der Waals surface area contributed by atoms with E-state index in [2.05, 4.69) is 36.9 Å². The van der Waals surface area contributed by atoms with E-state index in [1.165, 1.54) is 29.0 Å². The van der Waals surface area contributed by atoms with Gasteiger partial charge in [-0.1, -0.05) is 83.9 Å². The van der Waals surface area contributed by atoms with Crippen molar-refractivity contribution in [2.75, 3.05) is 7.05 Å². The van der Waals surface area contributed by atoms with E-state index in [-0.39, 0.29) is 116 Å². The molecule has 6 aromatic carbocycles. The number of furan rings is 1. The zero-order chi connectivity index (χ0) is 31.6. The number of rotatable bonds is 2. The molecule has 7 aromatic rings. The van der Waals surface area contributed by atoms with Crippen molar-refractivity contribution in [3.8, 4) is 16.9 Å². The van der Waals surface area contributed by atoms with Crippen LogP contribution in [0.4, 0.5) is 4.39 Å². The van der Waals surface area contributed by atoms with Crippen molar-refractivity contribution in [3.63, 3.8) is 0 Å². The van der Waals surface area contributed by atoms with Crippen molar-refractivity contribution in [2.24, 2.45) is 4.74 Å². The van der Waals surface area contributed by atoms with Crippen LogP contribution in [0.15, 0.2) is 118 Å². The summed E-state index contributed by atoms with van der Waals surface area (Å²) in [7, 11) is 4.47. The van der Waals surface area contributed by atoms with Crippen molar-refractivity contribution in [2.45, 2.75) is 0 Å². The van der Waals surface area contributed by atoms with Gasteiger partial charge in [-0.15, -0.1) is 0 Å². The first-order valence-corrected chi connectivity index (χ1v) is 14.2. The largest absolute Gasteiger partial charge is 1.00 e. The molecule has 0 amide bonds. The molecule has 12 heteroatoms. The van der Waals surface area contributed by atoms with Crippen molar-refractivity contribution >= 4 is 82.2 Å². The second-order valence-electron chi connectivity index (χ2n) is 9.12. The van der Waals surface area contributed by atoms with Crippen LogP contribution in [0.1, 0.15) is 1.43 Å². The molecule has 0 aliphatic rings. The number of hydrogen-bond acceptors (Lipinski definition) is 6. The first-order chi connectivity index (χ1) is 21.3. The number of fused-ring (bicyclic) bond motifs is 6. The number of hydrogen-bond donors (Lipinski definition) is 1. The van der Waals surface area contributed by atoms with Gasteiger partial charge in [0.05, 0.1) is 0 Å². The molecule has 0 bridgehead atoms. The third kappa shape index (κ3) is 10.1. The van der Waals surface area contributed by atoms with Crippen LogP contribution in [0.25, 0.3) is 54.6 Å². The molecule has 0 fully saturated rings. The van der Waals surface area contributed by atoms with Crippen LogP contribution >= 0.6 is 32.2 Å². The first kappa shape index (κ1) is 40.9. The fourth-order valence-electron chi connectivity index (χ4n) is 4.75. The predicted octanol–water partition coefficient (Wildman–Crippen LogP) is 3.90. The standard InChI is InChI=1S/C16H10ClFO.C16H9ClO.CH4NP.CH2O3.2K.H/c17-11-6-7-14(18)13(9-11)16-12-4-2-1-3-10(12)5-8-15(16)19;17-11-6-8-14-13(9-11)16-12-4-2-1-3-10(12)5-7-15(16)18-14;1-2-3;2-1-4-3;;;/h1-9,19H;1-9H;3H,1H3;1,3H;;;/q;;;;2*+1;-1/p-1. The van der Waals surface area contributed by atoms with Crippen LogP contribution in [-0.2, 0) is 9.68 Å². The van der Waals surface area contributed by atoms with Crippen LogP contribution in [0.3, 0.4) is 0 Å². The molecule has 0 aliphatic heterocycles. The Kier molecular flexibility index (Phi) is 18.1. The Morgan fingerprint density at radius 1 is 0.826 bits per heavy atom. The van der Waals surface area contributed by atoms with Gasteiger partial charge < -0.3 is 21.1 Å². The topological polar surface area (TPSA) is 95.1 Å². The number of aromatic hydroxyl groups is 1. The minimum absolute atomic E-state index is 0. The maximum Gasteiger partial charge on any atom is 1.00 e. The molecule has 0 atom stereocenters. The van der Waals surface area contributed by atoms with E-state index in [4.69, 9.17) is 37.7 Å².